The maximum absolute atomic E-state index is 9.58. The zero-order valence-electron chi connectivity index (χ0n) is 7.27. The van der Waals surface area contributed by atoms with Crippen molar-refractivity contribution in [2.45, 2.75) is 12.0 Å². The van der Waals surface area contributed by atoms with E-state index in [4.69, 9.17) is 16.3 Å². The average Bonchev–Trinajstić information content (AvgIpc) is 2.60. The van der Waals surface area contributed by atoms with E-state index in [0.29, 0.717) is 18.2 Å². The van der Waals surface area contributed by atoms with Crippen LogP contribution in [0.25, 0.3) is 0 Å². The van der Waals surface area contributed by atoms with Crippen molar-refractivity contribution in [3.05, 3.63) is 16.9 Å². The number of rotatable bonds is 1. The molecule has 1 fully saturated rings. The molecule has 5 heteroatoms. The van der Waals surface area contributed by atoms with Crippen molar-refractivity contribution < 1.29 is 9.84 Å². The summed E-state index contributed by atoms with van der Waals surface area (Å²) in [6, 6.07) is 0. The van der Waals surface area contributed by atoms with Crippen LogP contribution in [-0.4, -0.2) is 34.2 Å². The van der Waals surface area contributed by atoms with E-state index in [1.54, 1.807) is 10.9 Å². The number of nitrogens with zero attached hydrogens (tertiary/aromatic N) is 2. The molecule has 4 nitrogen and oxygen atoms in total. The first kappa shape index (κ1) is 8.99. The molecule has 1 aromatic rings. The second-order valence-electron chi connectivity index (χ2n) is 3.21. The number of aromatic nitrogens is 2. The maximum Gasteiger partial charge on any atom is 0.0879 e. The predicted octanol–water partition coefficient (Wildman–Crippen LogP) is 0.548. The summed E-state index contributed by atoms with van der Waals surface area (Å²) in [4.78, 5) is 0. The summed E-state index contributed by atoms with van der Waals surface area (Å²) in [5.41, 5.74) is 0.853. The van der Waals surface area contributed by atoms with Crippen molar-refractivity contribution in [2.24, 2.45) is 7.05 Å². The second-order valence-corrected chi connectivity index (χ2v) is 3.62. The molecule has 0 spiro atoms. The lowest BCUT2D eigenvalue weighted by atomic mass is 10.0. The van der Waals surface area contributed by atoms with Crippen LogP contribution in [0.1, 0.15) is 11.6 Å². The van der Waals surface area contributed by atoms with Crippen molar-refractivity contribution in [3.8, 4) is 0 Å². The summed E-state index contributed by atoms with van der Waals surface area (Å²) in [5, 5.41) is 14.2. The Morgan fingerprint density at radius 1 is 1.69 bits per heavy atom. The Kier molecular flexibility index (Phi) is 2.27. The van der Waals surface area contributed by atoms with Gasteiger partial charge < -0.3 is 9.84 Å². The number of aryl methyl sites for hydroxylation is 1. The van der Waals surface area contributed by atoms with Gasteiger partial charge in [0.15, 0.2) is 0 Å². The van der Waals surface area contributed by atoms with Crippen molar-refractivity contribution in [2.75, 3.05) is 13.2 Å². The van der Waals surface area contributed by atoms with E-state index in [1.165, 1.54) is 0 Å². The van der Waals surface area contributed by atoms with Crippen LogP contribution in [0.4, 0.5) is 0 Å². The lowest BCUT2D eigenvalue weighted by Crippen LogP contribution is -2.18. The Balaban J connectivity index is 2.33. The first-order chi connectivity index (χ1) is 6.20. The Bertz CT molecular complexity index is 294. The number of ether oxygens (including phenoxy) is 1. The van der Waals surface area contributed by atoms with Crippen LogP contribution in [0.3, 0.4) is 0 Å². The fourth-order valence-electron chi connectivity index (χ4n) is 1.64. The van der Waals surface area contributed by atoms with E-state index in [9.17, 15) is 5.11 Å². The normalized spacial score (nSPS) is 28.2. The quantitative estimate of drug-likeness (QED) is 0.724. The molecule has 0 radical (unpaired) electrons. The fraction of sp³-hybridized carbons (Fsp3) is 0.625. The topological polar surface area (TPSA) is 47.3 Å². The lowest BCUT2D eigenvalue weighted by Gasteiger charge is -2.12. The van der Waals surface area contributed by atoms with Crippen molar-refractivity contribution in [1.82, 2.24) is 9.78 Å². The molecule has 1 aliphatic rings. The molecule has 1 aromatic heterocycles. The molecule has 1 saturated heterocycles. The number of hydrogen-bond donors (Lipinski definition) is 1. The lowest BCUT2D eigenvalue weighted by molar-refractivity contribution is 0.124. The van der Waals surface area contributed by atoms with Gasteiger partial charge in [0.1, 0.15) is 0 Å². The van der Waals surface area contributed by atoms with Gasteiger partial charge in [-0.3, -0.25) is 4.68 Å². The largest absolute Gasteiger partial charge is 0.390 e. The molecule has 0 amide bonds. The van der Waals surface area contributed by atoms with Crippen LogP contribution in [0.5, 0.6) is 0 Å². The van der Waals surface area contributed by atoms with Gasteiger partial charge in [0, 0.05) is 7.05 Å². The van der Waals surface area contributed by atoms with Crippen molar-refractivity contribution >= 4 is 11.6 Å². The smallest absolute Gasteiger partial charge is 0.0879 e. The molecule has 0 bridgehead atoms. The first-order valence-corrected chi connectivity index (χ1v) is 4.51. The van der Waals surface area contributed by atoms with Gasteiger partial charge in [-0.15, -0.1) is 0 Å². The molecule has 2 rings (SSSR count). The van der Waals surface area contributed by atoms with Gasteiger partial charge in [0.25, 0.3) is 0 Å². The number of halogens is 1. The molecule has 1 aliphatic heterocycles. The highest BCUT2D eigenvalue weighted by Crippen LogP contribution is 2.30. The zero-order valence-corrected chi connectivity index (χ0v) is 8.03. The monoisotopic (exact) mass is 202 g/mol. The summed E-state index contributed by atoms with van der Waals surface area (Å²) in [5.74, 6) is -0.0417. The Labute approximate surface area is 81.1 Å². The highest BCUT2D eigenvalue weighted by atomic mass is 35.5. The van der Waals surface area contributed by atoms with E-state index < -0.39 is 6.10 Å². The third kappa shape index (κ3) is 1.45. The minimum Gasteiger partial charge on any atom is -0.390 e. The minimum absolute atomic E-state index is 0.0417. The van der Waals surface area contributed by atoms with Crippen molar-refractivity contribution in [1.29, 1.82) is 0 Å². The average molecular weight is 203 g/mol. The molecule has 0 saturated carbocycles. The Hall–Kier alpha value is -0.580. The second kappa shape index (κ2) is 3.29. The summed E-state index contributed by atoms with van der Waals surface area (Å²) in [6.45, 7) is 0.895. The SMILES string of the molecule is Cn1ncc(Cl)c1[C@@H]1COC[C@H]1O. The molecular formula is C8H11ClN2O2. The third-order valence-electron chi connectivity index (χ3n) is 2.34. The van der Waals surface area contributed by atoms with Gasteiger partial charge in [-0.25, -0.2) is 0 Å². The van der Waals surface area contributed by atoms with Gasteiger partial charge in [-0.1, -0.05) is 11.6 Å². The molecular weight excluding hydrogens is 192 g/mol. The summed E-state index contributed by atoms with van der Waals surface area (Å²) in [6.07, 6.45) is 1.12. The Morgan fingerprint density at radius 3 is 2.92 bits per heavy atom. The maximum atomic E-state index is 9.58. The molecule has 13 heavy (non-hydrogen) atoms. The highest BCUT2D eigenvalue weighted by Gasteiger charge is 2.31. The van der Waals surface area contributed by atoms with E-state index in [1.807, 2.05) is 7.05 Å². The van der Waals surface area contributed by atoms with Gasteiger partial charge in [-0.2, -0.15) is 5.10 Å². The van der Waals surface area contributed by atoms with Gasteiger partial charge >= 0.3 is 0 Å². The third-order valence-corrected chi connectivity index (χ3v) is 2.63. The molecule has 72 valence electrons. The summed E-state index contributed by atoms with van der Waals surface area (Å²) < 4.78 is 6.84. The van der Waals surface area contributed by atoms with E-state index >= 15 is 0 Å². The first-order valence-electron chi connectivity index (χ1n) is 4.13. The predicted molar refractivity (Wildman–Crippen MR) is 47.8 cm³/mol. The zero-order chi connectivity index (χ0) is 9.42. The molecule has 0 aliphatic carbocycles. The van der Waals surface area contributed by atoms with Gasteiger partial charge in [-0.05, 0) is 0 Å². The van der Waals surface area contributed by atoms with Crippen LogP contribution in [0.2, 0.25) is 5.02 Å². The van der Waals surface area contributed by atoms with Crippen LogP contribution in [0.15, 0.2) is 6.20 Å². The van der Waals surface area contributed by atoms with Crippen molar-refractivity contribution in [3.63, 3.8) is 0 Å². The van der Waals surface area contributed by atoms with Crippen LogP contribution in [-0.2, 0) is 11.8 Å². The van der Waals surface area contributed by atoms with E-state index in [-0.39, 0.29) is 5.92 Å². The van der Waals surface area contributed by atoms with Crippen LogP contribution < -0.4 is 0 Å². The molecule has 0 aromatic carbocycles. The number of aliphatic hydroxyl groups excluding tert-OH is 1. The molecule has 0 unspecified atom stereocenters. The summed E-state index contributed by atoms with van der Waals surface area (Å²) >= 11 is 5.94. The molecule has 1 N–H and O–H groups in total. The highest BCUT2D eigenvalue weighted by molar-refractivity contribution is 6.31. The number of hydrogen-bond acceptors (Lipinski definition) is 3. The number of aliphatic hydroxyl groups is 1. The van der Waals surface area contributed by atoms with Gasteiger partial charge in [0.2, 0.25) is 0 Å². The molecule has 2 heterocycles. The van der Waals surface area contributed by atoms with E-state index in [2.05, 4.69) is 5.10 Å². The van der Waals surface area contributed by atoms with Crippen LogP contribution in [0, 0.1) is 0 Å². The Morgan fingerprint density at radius 2 is 2.46 bits per heavy atom. The van der Waals surface area contributed by atoms with E-state index in [0.717, 1.165) is 5.69 Å². The fourth-order valence-corrected chi connectivity index (χ4v) is 1.95. The minimum atomic E-state index is -0.465. The van der Waals surface area contributed by atoms with Crippen LogP contribution >= 0.6 is 11.6 Å². The standard InChI is InChI=1S/C8H11ClN2O2/c1-11-8(6(9)2-10-11)5-3-13-4-7(5)12/h2,5,7,12H,3-4H2,1H3/t5-,7-/m1/s1. The summed E-state index contributed by atoms with van der Waals surface area (Å²) in [7, 11) is 1.81. The molecule has 2 atom stereocenters. The van der Waals surface area contributed by atoms with Gasteiger partial charge in [0.05, 0.1) is 42.1 Å².